The summed E-state index contributed by atoms with van der Waals surface area (Å²) in [5.41, 5.74) is 1.20. The van der Waals surface area contributed by atoms with Crippen LogP contribution in [-0.2, 0) is 0 Å². The molecule has 0 aliphatic rings. The first-order valence-corrected chi connectivity index (χ1v) is 6.88. The lowest BCUT2D eigenvalue weighted by Gasteiger charge is -2.12. The molecule has 2 nitrogen and oxygen atoms in total. The van der Waals surface area contributed by atoms with Crippen molar-refractivity contribution in [1.29, 1.82) is 0 Å². The largest absolute Gasteiger partial charge is 0.453 e. The normalized spacial score (nSPS) is 10.1. The predicted octanol–water partition coefficient (Wildman–Crippen LogP) is 5.58. The molecule has 0 saturated heterocycles. The van der Waals surface area contributed by atoms with E-state index in [0.717, 1.165) is 11.5 Å². The van der Waals surface area contributed by atoms with Crippen LogP contribution >= 0.6 is 0 Å². The maximum atomic E-state index is 5.91. The van der Waals surface area contributed by atoms with Crippen LogP contribution in [0.2, 0.25) is 0 Å². The summed E-state index contributed by atoms with van der Waals surface area (Å²) in [5, 5.41) is 0. The van der Waals surface area contributed by atoms with Crippen LogP contribution in [0.5, 0.6) is 23.0 Å². The van der Waals surface area contributed by atoms with Crippen molar-refractivity contribution in [1.82, 2.24) is 0 Å². The third-order valence-electron chi connectivity index (χ3n) is 3.07. The third kappa shape index (κ3) is 3.42. The fraction of sp³-hybridized carbons (Fsp3) is 0.0526. The molecule has 2 heteroatoms. The molecule has 3 rings (SSSR count). The second kappa shape index (κ2) is 6.14. The van der Waals surface area contributed by atoms with Crippen molar-refractivity contribution in [2.75, 3.05) is 0 Å². The van der Waals surface area contributed by atoms with E-state index < -0.39 is 0 Å². The van der Waals surface area contributed by atoms with Crippen LogP contribution in [0.1, 0.15) is 5.56 Å². The smallest absolute Gasteiger partial charge is 0.169 e. The first kappa shape index (κ1) is 13.3. The van der Waals surface area contributed by atoms with Gasteiger partial charge < -0.3 is 9.47 Å². The molecule has 0 aromatic heterocycles. The van der Waals surface area contributed by atoms with Crippen molar-refractivity contribution in [2.24, 2.45) is 0 Å². The lowest BCUT2D eigenvalue weighted by Crippen LogP contribution is -1.90. The van der Waals surface area contributed by atoms with Crippen LogP contribution in [0, 0.1) is 6.92 Å². The van der Waals surface area contributed by atoms with Gasteiger partial charge in [0.05, 0.1) is 0 Å². The lowest BCUT2D eigenvalue weighted by atomic mass is 10.2. The Morgan fingerprint density at radius 1 is 0.524 bits per heavy atom. The first-order chi connectivity index (χ1) is 10.3. The Morgan fingerprint density at radius 2 is 1.00 bits per heavy atom. The van der Waals surface area contributed by atoms with Crippen LogP contribution in [0.3, 0.4) is 0 Å². The minimum absolute atomic E-state index is 0.698. The molecule has 0 N–H and O–H groups in total. The van der Waals surface area contributed by atoms with Crippen molar-refractivity contribution in [3.05, 3.63) is 84.4 Å². The molecule has 104 valence electrons. The molecule has 0 aliphatic carbocycles. The van der Waals surface area contributed by atoms with E-state index in [1.807, 2.05) is 78.9 Å². The summed E-state index contributed by atoms with van der Waals surface area (Å²) in [4.78, 5) is 0. The zero-order chi connectivity index (χ0) is 14.5. The van der Waals surface area contributed by atoms with E-state index in [-0.39, 0.29) is 0 Å². The molecular formula is C19H16O2. The molecule has 0 spiro atoms. The average Bonchev–Trinajstić information content (AvgIpc) is 2.52. The maximum absolute atomic E-state index is 5.91. The minimum atomic E-state index is 0.698. The van der Waals surface area contributed by atoms with Gasteiger partial charge in [-0.25, -0.2) is 0 Å². The topological polar surface area (TPSA) is 18.5 Å². The fourth-order valence-corrected chi connectivity index (χ4v) is 1.97. The van der Waals surface area contributed by atoms with E-state index >= 15 is 0 Å². The monoisotopic (exact) mass is 276 g/mol. The van der Waals surface area contributed by atoms with Crippen molar-refractivity contribution < 1.29 is 9.47 Å². The molecule has 0 unspecified atom stereocenters. The van der Waals surface area contributed by atoms with Gasteiger partial charge in [-0.1, -0.05) is 48.0 Å². The van der Waals surface area contributed by atoms with Crippen molar-refractivity contribution in [3.63, 3.8) is 0 Å². The number of rotatable bonds is 4. The summed E-state index contributed by atoms with van der Waals surface area (Å²) in [6, 6.07) is 25.3. The second-order valence-electron chi connectivity index (χ2n) is 4.78. The van der Waals surface area contributed by atoms with E-state index in [0.29, 0.717) is 11.5 Å². The van der Waals surface area contributed by atoms with Gasteiger partial charge in [0.25, 0.3) is 0 Å². The Morgan fingerprint density at radius 3 is 1.57 bits per heavy atom. The summed E-state index contributed by atoms with van der Waals surface area (Å²) >= 11 is 0. The van der Waals surface area contributed by atoms with E-state index in [1.54, 1.807) is 0 Å². The van der Waals surface area contributed by atoms with Crippen molar-refractivity contribution in [3.8, 4) is 23.0 Å². The quantitative estimate of drug-likeness (QED) is 0.619. The van der Waals surface area contributed by atoms with Crippen LogP contribution in [0.15, 0.2) is 78.9 Å². The van der Waals surface area contributed by atoms with Gasteiger partial charge in [0.2, 0.25) is 0 Å². The Bertz CT molecular complexity index is 703. The Labute approximate surface area is 124 Å². The molecule has 0 aliphatic heterocycles. The van der Waals surface area contributed by atoms with Crippen molar-refractivity contribution >= 4 is 0 Å². The van der Waals surface area contributed by atoms with Gasteiger partial charge in [0.15, 0.2) is 11.5 Å². The highest BCUT2D eigenvalue weighted by Crippen LogP contribution is 2.34. The van der Waals surface area contributed by atoms with Crippen LogP contribution < -0.4 is 9.47 Å². The van der Waals surface area contributed by atoms with Crippen LogP contribution in [0.4, 0.5) is 0 Å². The van der Waals surface area contributed by atoms with Crippen molar-refractivity contribution in [2.45, 2.75) is 6.92 Å². The van der Waals surface area contributed by atoms with Gasteiger partial charge in [-0.3, -0.25) is 0 Å². The third-order valence-corrected chi connectivity index (χ3v) is 3.07. The van der Waals surface area contributed by atoms with Gasteiger partial charge >= 0.3 is 0 Å². The molecule has 0 radical (unpaired) electrons. The van der Waals surface area contributed by atoms with E-state index in [2.05, 4.69) is 6.92 Å². The summed E-state index contributed by atoms with van der Waals surface area (Å²) in [6.45, 7) is 2.05. The zero-order valence-corrected chi connectivity index (χ0v) is 11.8. The molecule has 0 fully saturated rings. The summed E-state index contributed by atoms with van der Waals surface area (Å²) in [6.07, 6.45) is 0. The van der Waals surface area contributed by atoms with Gasteiger partial charge in [-0.15, -0.1) is 0 Å². The predicted molar refractivity (Wildman–Crippen MR) is 84.2 cm³/mol. The van der Waals surface area contributed by atoms with Gasteiger partial charge in [0.1, 0.15) is 11.5 Å². The molecule has 0 atom stereocenters. The highest BCUT2D eigenvalue weighted by Gasteiger charge is 2.06. The van der Waals surface area contributed by atoms with Gasteiger partial charge in [-0.2, -0.15) is 0 Å². The molecule has 0 bridgehead atoms. The molecule has 0 amide bonds. The number of ether oxygens (including phenoxy) is 2. The average molecular weight is 276 g/mol. The SMILES string of the molecule is Cc1ccc(Oc2ccccc2Oc2ccccc2)cc1. The molecule has 0 saturated carbocycles. The minimum Gasteiger partial charge on any atom is -0.453 e. The van der Waals surface area contributed by atoms with Gasteiger partial charge in [0, 0.05) is 0 Å². The van der Waals surface area contributed by atoms with E-state index in [1.165, 1.54) is 5.56 Å². The first-order valence-electron chi connectivity index (χ1n) is 6.88. The number of benzene rings is 3. The van der Waals surface area contributed by atoms with Crippen LogP contribution in [0.25, 0.3) is 0 Å². The van der Waals surface area contributed by atoms with Gasteiger partial charge in [-0.05, 0) is 43.3 Å². The standard InChI is InChI=1S/C19H16O2/c1-15-11-13-17(14-12-15)21-19-10-6-5-9-18(19)20-16-7-3-2-4-8-16/h2-14H,1H3. The number of aryl methyl sites for hydroxylation is 1. The molecule has 0 heterocycles. The Balaban J connectivity index is 1.84. The van der Waals surface area contributed by atoms with Crippen LogP contribution in [-0.4, -0.2) is 0 Å². The molecule has 21 heavy (non-hydrogen) atoms. The second-order valence-corrected chi connectivity index (χ2v) is 4.78. The number of hydrogen-bond donors (Lipinski definition) is 0. The van der Waals surface area contributed by atoms with E-state index in [9.17, 15) is 0 Å². The fourth-order valence-electron chi connectivity index (χ4n) is 1.97. The maximum Gasteiger partial charge on any atom is 0.169 e. The Kier molecular flexibility index (Phi) is 3.88. The highest BCUT2D eigenvalue weighted by atomic mass is 16.5. The Hall–Kier alpha value is -2.74. The highest BCUT2D eigenvalue weighted by molar-refractivity contribution is 5.45. The number of para-hydroxylation sites is 3. The number of hydrogen-bond acceptors (Lipinski definition) is 2. The zero-order valence-electron chi connectivity index (χ0n) is 11.8. The molecule has 3 aromatic rings. The molecular weight excluding hydrogens is 260 g/mol. The summed E-state index contributed by atoms with van der Waals surface area (Å²) in [5.74, 6) is 2.98. The lowest BCUT2D eigenvalue weighted by molar-refractivity contribution is 0.419. The van der Waals surface area contributed by atoms with E-state index in [4.69, 9.17) is 9.47 Å². The summed E-state index contributed by atoms with van der Waals surface area (Å²) < 4.78 is 11.8. The molecule has 3 aromatic carbocycles. The summed E-state index contributed by atoms with van der Waals surface area (Å²) in [7, 11) is 0.